The van der Waals surface area contributed by atoms with Gasteiger partial charge in [-0.05, 0) is 25.5 Å². The van der Waals surface area contributed by atoms with Crippen LogP contribution < -0.4 is 0 Å². The van der Waals surface area contributed by atoms with E-state index in [0.29, 0.717) is 25.2 Å². The van der Waals surface area contributed by atoms with Crippen LogP contribution in [0, 0.1) is 5.92 Å². The van der Waals surface area contributed by atoms with Gasteiger partial charge < -0.3 is 9.94 Å². The molecular formula is C17H27NO4S. The Morgan fingerprint density at radius 1 is 1.39 bits per heavy atom. The smallest absolute Gasteiger partial charge is 0.201 e. The minimum Gasteiger partial charge on any atom is -0.504 e. The molecule has 2 atom stereocenters. The van der Waals surface area contributed by atoms with Gasteiger partial charge in [-0.1, -0.05) is 32.3 Å². The average molecular weight is 341 g/mol. The molecule has 0 saturated carbocycles. The van der Waals surface area contributed by atoms with E-state index in [1.165, 1.54) is 0 Å². The van der Waals surface area contributed by atoms with Crippen molar-refractivity contribution < 1.29 is 19.5 Å². The second-order valence-electron chi connectivity index (χ2n) is 5.62. The number of ketones is 2. The summed E-state index contributed by atoms with van der Waals surface area (Å²) in [7, 11) is 0. The minimum absolute atomic E-state index is 0.0531. The third kappa shape index (κ3) is 5.37. The van der Waals surface area contributed by atoms with Crippen molar-refractivity contribution in [2.75, 3.05) is 12.4 Å². The highest BCUT2D eigenvalue weighted by molar-refractivity contribution is 7.99. The van der Waals surface area contributed by atoms with Crippen molar-refractivity contribution in [3.63, 3.8) is 0 Å². The van der Waals surface area contributed by atoms with Gasteiger partial charge in [0.1, 0.15) is 6.61 Å². The molecule has 1 aliphatic carbocycles. The highest BCUT2D eigenvalue weighted by Gasteiger charge is 2.37. The van der Waals surface area contributed by atoms with Crippen LogP contribution in [0.3, 0.4) is 0 Å². The van der Waals surface area contributed by atoms with E-state index < -0.39 is 11.7 Å². The van der Waals surface area contributed by atoms with Crippen LogP contribution in [0.25, 0.3) is 0 Å². The van der Waals surface area contributed by atoms with Crippen molar-refractivity contribution in [2.24, 2.45) is 11.1 Å². The fourth-order valence-electron chi connectivity index (χ4n) is 2.70. The number of allylic oxidation sites excluding steroid dienone is 2. The molecule has 0 amide bonds. The summed E-state index contributed by atoms with van der Waals surface area (Å²) >= 11 is 1.75. The number of aliphatic hydroxyl groups excluding tert-OH is 1. The predicted molar refractivity (Wildman–Crippen MR) is 94.0 cm³/mol. The molecule has 0 aromatic heterocycles. The Balaban J connectivity index is 3.03. The van der Waals surface area contributed by atoms with Crippen LogP contribution in [-0.4, -0.2) is 40.0 Å². The van der Waals surface area contributed by atoms with Gasteiger partial charge in [0.25, 0.3) is 0 Å². The van der Waals surface area contributed by atoms with Gasteiger partial charge >= 0.3 is 0 Å². The van der Waals surface area contributed by atoms with Gasteiger partial charge in [-0.25, -0.2) is 0 Å². The fraction of sp³-hybridized carbons (Fsp3) is 0.706. The number of carbonyl (C=O) groups excluding carboxylic acids is 2. The third-order valence-electron chi connectivity index (χ3n) is 3.70. The Labute approximate surface area is 142 Å². The summed E-state index contributed by atoms with van der Waals surface area (Å²) in [6.07, 6.45) is 1.98. The summed E-state index contributed by atoms with van der Waals surface area (Å²) in [4.78, 5) is 29.9. The van der Waals surface area contributed by atoms with E-state index in [-0.39, 0.29) is 28.8 Å². The van der Waals surface area contributed by atoms with Gasteiger partial charge in [0.05, 0.1) is 11.3 Å². The maximum atomic E-state index is 12.5. The molecule has 0 aliphatic heterocycles. The molecule has 1 aliphatic rings. The molecule has 6 heteroatoms. The summed E-state index contributed by atoms with van der Waals surface area (Å²) in [6, 6.07) is 0. The van der Waals surface area contributed by atoms with E-state index in [9.17, 15) is 14.7 Å². The number of rotatable bonds is 9. The molecule has 2 unspecified atom stereocenters. The topological polar surface area (TPSA) is 76.0 Å². The van der Waals surface area contributed by atoms with E-state index in [0.717, 1.165) is 12.2 Å². The van der Waals surface area contributed by atoms with Gasteiger partial charge in [-0.15, -0.1) is 0 Å². The first-order valence-electron chi connectivity index (χ1n) is 8.27. The summed E-state index contributed by atoms with van der Waals surface area (Å²) in [5.74, 6) is -0.469. The Hall–Kier alpha value is -1.30. The van der Waals surface area contributed by atoms with E-state index in [1.807, 2.05) is 13.8 Å². The van der Waals surface area contributed by atoms with Crippen LogP contribution >= 0.6 is 11.8 Å². The normalized spacial score (nSPS) is 20.9. The molecule has 0 bridgehead atoms. The molecule has 0 aromatic rings. The first-order valence-corrected chi connectivity index (χ1v) is 9.32. The largest absolute Gasteiger partial charge is 0.504 e. The predicted octanol–water partition coefficient (Wildman–Crippen LogP) is 3.68. The quantitative estimate of drug-likeness (QED) is 0.511. The van der Waals surface area contributed by atoms with Crippen LogP contribution in [0.2, 0.25) is 0 Å². The number of carbonyl (C=O) groups is 2. The molecule has 1 rings (SSSR count). The Morgan fingerprint density at radius 2 is 2.09 bits per heavy atom. The van der Waals surface area contributed by atoms with Crippen LogP contribution in [0.4, 0.5) is 0 Å². The number of aliphatic hydroxyl groups is 1. The number of nitrogens with zero attached hydrogens (tertiary/aromatic N) is 1. The molecule has 0 spiro atoms. The van der Waals surface area contributed by atoms with Gasteiger partial charge in [-0.3, -0.25) is 9.59 Å². The molecular weight excluding hydrogens is 314 g/mol. The number of hydrogen-bond donors (Lipinski definition) is 1. The molecule has 0 radical (unpaired) electrons. The number of hydrogen-bond acceptors (Lipinski definition) is 6. The number of Topliss-reactive ketones (excluding diaryl/α,β-unsaturated/α-hetero) is 2. The summed E-state index contributed by atoms with van der Waals surface area (Å²) in [5.41, 5.74) is 0.428. The van der Waals surface area contributed by atoms with E-state index in [2.05, 4.69) is 12.1 Å². The lowest BCUT2D eigenvalue weighted by molar-refractivity contribution is -0.128. The van der Waals surface area contributed by atoms with Gasteiger partial charge in [0.15, 0.2) is 11.5 Å². The van der Waals surface area contributed by atoms with Crippen molar-refractivity contribution in [1.82, 2.24) is 0 Å². The van der Waals surface area contributed by atoms with E-state index in [1.54, 1.807) is 18.7 Å². The maximum absolute atomic E-state index is 12.5. The second-order valence-corrected chi connectivity index (χ2v) is 7.33. The highest BCUT2D eigenvalue weighted by Crippen LogP contribution is 2.30. The van der Waals surface area contributed by atoms with Crippen molar-refractivity contribution in [3.05, 3.63) is 11.3 Å². The zero-order valence-corrected chi connectivity index (χ0v) is 15.2. The monoisotopic (exact) mass is 341 g/mol. The van der Waals surface area contributed by atoms with Gasteiger partial charge in [-0.2, -0.15) is 11.8 Å². The summed E-state index contributed by atoms with van der Waals surface area (Å²) < 4.78 is 0. The van der Waals surface area contributed by atoms with Gasteiger partial charge in [0, 0.05) is 17.6 Å². The number of oxime groups is 1. The minimum atomic E-state index is -0.438. The zero-order valence-electron chi connectivity index (χ0n) is 14.4. The van der Waals surface area contributed by atoms with E-state index >= 15 is 0 Å². The molecule has 130 valence electrons. The lowest BCUT2D eigenvalue weighted by atomic mass is 9.81. The van der Waals surface area contributed by atoms with E-state index in [4.69, 9.17) is 4.84 Å². The Kier molecular flexibility index (Phi) is 8.37. The molecule has 23 heavy (non-hydrogen) atoms. The molecule has 0 fully saturated rings. The van der Waals surface area contributed by atoms with Crippen LogP contribution in [-0.2, 0) is 14.4 Å². The zero-order chi connectivity index (χ0) is 17.4. The molecule has 5 nitrogen and oxygen atoms in total. The third-order valence-corrected chi connectivity index (χ3v) is 4.79. The highest BCUT2D eigenvalue weighted by atomic mass is 32.2. The van der Waals surface area contributed by atoms with Crippen LogP contribution in [0.1, 0.15) is 53.4 Å². The summed E-state index contributed by atoms with van der Waals surface area (Å²) in [6.45, 7) is 8.21. The molecule has 1 N–H and O–H groups in total. The first kappa shape index (κ1) is 19.7. The number of thioether (sulfide) groups is 1. The SMILES string of the molecule is CCCC(=NOCC)C1=C(O)C(=O)C(CC(C)SCC)CC1=O. The van der Waals surface area contributed by atoms with Crippen molar-refractivity contribution >= 4 is 29.0 Å². The molecule has 0 heterocycles. The molecule has 0 aromatic carbocycles. The van der Waals surface area contributed by atoms with Crippen molar-refractivity contribution in [3.8, 4) is 0 Å². The van der Waals surface area contributed by atoms with Crippen molar-refractivity contribution in [2.45, 2.75) is 58.6 Å². The Bertz CT molecular complexity index is 499. The van der Waals surface area contributed by atoms with Gasteiger partial charge in [0.2, 0.25) is 5.78 Å². The standard InChI is InChI=1S/C17H27NO4S/c1-5-8-13(18-22-6-2)15-14(19)10-12(16(20)17(15)21)9-11(4)23-7-3/h11-12,21H,5-10H2,1-4H3. The maximum Gasteiger partial charge on any atom is 0.201 e. The fourth-order valence-corrected chi connectivity index (χ4v) is 3.64. The lowest BCUT2D eigenvalue weighted by Gasteiger charge is -2.24. The summed E-state index contributed by atoms with van der Waals surface area (Å²) in [5, 5.41) is 14.5. The first-order chi connectivity index (χ1) is 11.0. The second kappa shape index (κ2) is 9.75. The molecule has 0 saturated heterocycles. The average Bonchev–Trinajstić information content (AvgIpc) is 2.50. The van der Waals surface area contributed by atoms with Crippen LogP contribution in [0.5, 0.6) is 0 Å². The van der Waals surface area contributed by atoms with Crippen molar-refractivity contribution in [1.29, 1.82) is 0 Å². The Morgan fingerprint density at radius 3 is 2.65 bits per heavy atom. The lowest BCUT2D eigenvalue weighted by Crippen LogP contribution is -2.33. The van der Waals surface area contributed by atoms with Crippen LogP contribution in [0.15, 0.2) is 16.5 Å².